The van der Waals surface area contributed by atoms with Crippen molar-refractivity contribution in [1.29, 1.82) is 0 Å². The number of hydrogen-bond acceptors (Lipinski definition) is 5. The number of aryl methyl sites for hydroxylation is 1. The van der Waals surface area contributed by atoms with Crippen molar-refractivity contribution < 1.29 is 4.74 Å². The lowest BCUT2D eigenvalue weighted by molar-refractivity contribution is 0.410. The van der Waals surface area contributed by atoms with Crippen molar-refractivity contribution >= 4 is 17.3 Å². The minimum Gasteiger partial charge on any atom is -0.496 e. The summed E-state index contributed by atoms with van der Waals surface area (Å²) >= 11 is 1.77. The van der Waals surface area contributed by atoms with Crippen molar-refractivity contribution in [3.05, 3.63) is 64.4 Å². The summed E-state index contributed by atoms with van der Waals surface area (Å²) in [5, 5.41) is 17.4. The van der Waals surface area contributed by atoms with Crippen LogP contribution in [0, 0.1) is 0 Å². The lowest BCUT2D eigenvalue weighted by Gasteiger charge is -2.20. The van der Waals surface area contributed by atoms with Gasteiger partial charge in [0.2, 0.25) is 0 Å². The molecule has 0 aliphatic rings. The molecule has 2 N–H and O–H groups in total. The molecule has 1 atom stereocenters. The number of rotatable bonds is 11. The number of aliphatic imine (C=N–C) groups is 1. The first-order valence-electron chi connectivity index (χ1n) is 10.8. The van der Waals surface area contributed by atoms with Crippen LogP contribution in [0.5, 0.6) is 5.75 Å². The quantitative estimate of drug-likeness (QED) is 0.350. The SMILES string of the molecule is CCc1nncn1CCNC(=NCCc1ccccc1OC)NC(CC)c1cccs1. The fourth-order valence-corrected chi connectivity index (χ4v) is 4.27. The zero-order valence-electron chi connectivity index (χ0n) is 18.5. The van der Waals surface area contributed by atoms with Crippen LogP contribution in [-0.2, 0) is 19.4 Å². The summed E-state index contributed by atoms with van der Waals surface area (Å²) in [6.07, 6.45) is 4.46. The van der Waals surface area contributed by atoms with E-state index in [9.17, 15) is 0 Å². The Hall–Kier alpha value is -2.87. The molecule has 0 bridgehead atoms. The molecule has 0 fully saturated rings. The van der Waals surface area contributed by atoms with Gasteiger partial charge in [0.05, 0.1) is 13.2 Å². The number of hydrogen-bond donors (Lipinski definition) is 2. The Bertz CT molecular complexity index is 937. The third kappa shape index (κ3) is 6.55. The molecule has 2 aromatic heterocycles. The van der Waals surface area contributed by atoms with E-state index >= 15 is 0 Å². The van der Waals surface area contributed by atoms with E-state index in [0.29, 0.717) is 6.54 Å². The first-order valence-corrected chi connectivity index (χ1v) is 11.7. The van der Waals surface area contributed by atoms with Gasteiger partial charge in [0, 0.05) is 30.9 Å². The minimum atomic E-state index is 0.235. The monoisotopic (exact) mass is 440 g/mol. The van der Waals surface area contributed by atoms with E-state index in [-0.39, 0.29) is 6.04 Å². The number of thiophene rings is 1. The molecule has 31 heavy (non-hydrogen) atoms. The van der Waals surface area contributed by atoms with Crippen LogP contribution >= 0.6 is 11.3 Å². The van der Waals surface area contributed by atoms with Crippen LogP contribution in [-0.4, -0.2) is 40.9 Å². The highest BCUT2D eigenvalue weighted by atomic mass is 32.1. The minimum absolute atomic E-state index is 0.235. The topological polar surface area (TPSA) is 76.4 Å². The third-order valence-corrected chi connectivity index (χ3v) is 6.09. The van der Waals surface area contributed by atoms with Gasteiger partial charge >= 0.3 is 0 Å². The summed E-state index contributed by atoms with van der Waals surface area (Å²) in [6, 6.07) is 12.6. The molecule has 0 aliphatic heterocycles. The predicted octanol–water partition coefficient (Wildman–Crippen LogP) is 3.84. The maximum atomic E-state index is 5.47. The van der Waals surface area contributed by atoms with E-state index < -0.39 is 0 Å². The number of guanidine groups is 1. The number of para-hydroxylation sites is 1. The molecule has 0 amide bonds. The standard InChI is InChI=1S/C23H32N6OS/c1-4-19(21-11-8-16-31-21)27-23(25-14-15-29-17-26-28-22(29)5-2)24-13-12-18-9-6-7-10-20(18)30-3/h6-11,16-17,19H,4-5,12-15H2,1-3H3,(H2,24,25,27). The van der Waals surface area contributed by atoms with Crippen LogP contribution in [0.25, 0.3) is 0 Å². The molecule has 7 nitrogen and oxygen atoms in total. The van der Waals surface area contributed by atoms with Gasteiger partial charge in [-0.25, -0.2) is 0 Å². The molecule has 3 aromatic rings. The summed E-state index contributed by atoms with van der Waals surface area (Å²) in [5.74, 6) is 2.72. The molecule has 0 spiro atoms. The van der Waals surface area contributed by atoms with Gasteiger partial charge in [0.1, 0.15) is 17.9 Å². The highest BCUT2D eigenvalue weighted by molar-refractivity contribution is 7.10. The van der Waals surface area contributed by atoms with Crippen LogP contribution in [0.2, 0.25) is 0 Å². The Balaban J connectivity index is 1.65. The summed E-state index contributed by atoms with van der Waals surface area (Å²) < 4.78 is 7.55. The maximum Gasteiger partial charge on any atom is 0.191 e. The maximum absolute atomic E-state index is 5.47. The van der Waals surface area contributed by atoms with Gasteiger partial charge in [-0.05, 0) is 35.9 Å². The molecule has 0 aliphatic carbocycles. The largest absolute Gasteiger partial charge is 0.496 e. The smallest absolute Gasteiger partial charge is 0.191 e. The van der Waals surface area contributed by atoms with Crippen LogP contribution in [0.4, 0.5) is 0 Å². The number of nitrogens with one attached hydrogen (secondary N) is 2. The second-order valence-corrected chi connectivity index (χ2v) is 8.11. The Morgan fingerprint density at radius 2 is 2.10 bits per heavy atom. The second kappa shape index (κ2) is 12.1. The van der Waals surface area contributed by atoms with Crippen LogP contribution in [0.15, 0.2) is 53.1 Å². The molecule has 2 heterocycles. The van der Waals surface area contributed by atoms with E-state index in [1.54, 1.807) is 24.8 Å². The zero-order chi connectivity index (χ0) is 21.9. The van der Waals surface area contributed by atoms with Crippen molar-refractivity contribution in [1.82, 2.24) is 25.4 Å². The van der Waals surface area contributed by atoms with Crippen LogP contribution in [0.1, 0.15) is 42.6 Å². The second-order valence-electron chi connectivity index (χ2n) is 7.13. The predicted molar refractivity (Wildman–Crippen MR) is 127 cm³/mol. The van der Waals surface area contributed by atoms with Crippen molar-refractivity contribution in [3.63, 3.8) is 0 Å². The fourth-order valence-electron chi connectivity index (χ4n) is 3.41. The summed E-state index contributed by atoms with van der Waals surface area (Å²) in [5.41, 5.74) is 1.16. The first kappa shape index (κ1) is 22.8. The van der Waals surface area contributed by atoms with Gasteiger partial charge < -0.3 is 19.9 Å². The Morgan fingerprint density at radius 3 is 2.84 bits per heavy atom. The van der Waals surface area contributed by atoms with Gasteiger partial charge in [-0.1, -0.05) is 38.1 Å². The molecule has 1 unspecified atom stereocenters. The molecular weight excluding hydrogens is 408 g/mol. The van der Waals surface area contributed by atoms with Gasteiger partial charge in [0.25, 0.3) is 0 Å². The first-order chi connectivity index (χ1) is 15.2. The Kier molecular flexibility index (Phi) is 8.90. The zero-order valence-corrected chi connectivity index (χ0v) is 19.4. The van der Waals surface area contributed by atoms with Crippen molar-refractivity contribution in [2.24, 2.45) is 4.99 Å². The van der Waals surface area contributed by atoms with Gasteiger partial charge in [-0.2, -0.15) is 0 Å². The van der Waals surface area contributed by atoms with Crippen molar-refractivity contribution in [3.8, 4) is 5.75 Å². The molecule has 3 rings (SSSR count). The highest BCUT2D eigenvalue weighted by Crippen LogP contribution is 2.21. The average molecular weight is 441 g/mol. The highest BCUT2D eigenvalue weighted by Gasteiger charge is 2.13. The van der Waals surface area contributed by atoms with E-state index in [1.165, 1.54) is 4.88 Å². The number of ether oxygens (including phenoxy) is 1. The van der Waals surface area contributed by atoms with E-state index in [4.69, 9.17) is 9.73 Å². The lowest BCUT2D eigenvalue weighted by atomic mass is 10.1. The van der Waals surface area contributed by atoms with Crippen LogP contribution < -0.4 is 15.4 Å². The third-order valence-electron chi connectivity index (χ3n) is 5.11. The van der Waals surface area contributed by atoms with E-state index in [1.807, 2.05) is 18.2 Å². The summed E-state index contributed by atoms with van der Waals surface area (Å²) in [4.78, 5) is 6.17. The normalized spacial score (nSPS) is 12.5. The van der Waals surface area contributed by atoms with E-state index in [2.05, 4.69) is 62.8 Å². The number of nitrogens with zero attached hydrogens (tertiary/aromatic N) is 4. The fraction of sp³-hybridized carbons (Fsp3) is 0.435. The van der Waals surface area contributed by atoms with Crippen molar-refractivity contribution in [2.45, 2.75) is 45.7 Å². The average Bonchev–Trinajstić information content (AvgIpc) is 3.49. The molecular formula is C23H32N6OS. The number of methoxy groups -OCH3 is 1. The lowest BCUT2D eigenvalue weighted by Crippen LogP contribution is -2.41. The molecule has 0 saturated heterocycles. The number of aromatic nitrogens is 3. The molecule has 0 radical (unpaired) electrons. The van der Waals surface area contributed by atoms with Gasteiger partial charge in [-0.3, -0.25) is 4.99 Å². The summed E-state index contributed by atoms with van der Waals surface area (Å²) in [7, 11) is 1.71. The van der Waals surface area contributed by atoms with Gasteiger partial charge in [0.15, 0.2) is 5.96 Å². The van der Waals surface area contributed by atoms with Crippen LogP contribution in [0.3, 0.4) is 0 Å². The molecule has 0 saturated carbocycles. The number of benzene rings is 1. The Labute approximate surface area is 188 Å². The van der Waals surface area contributed by atoms with Gasteiger partial charge in [-0.15, -0.1) is 21.5 Å². The Morgan fingerprint density at radius 1 is 1.23 bits per heavy atom. The molecule has 1 aromatic carbocycles. The van der Waals surface area contributed by atoms with Crippen molar-refractivity contribution in [2.75, 3.05) is 20.2 Å². The molecule has 8 heteroatoms. The molecule has 166 valence electrons. The summed E-state index contributed by atoms with van der Waals surface area (Å²) in [6.45, 7) is 6.48. The van der Waals surface area contributed by atoms with E-state index in [0.717, 1.165) is 55.4 Å².